The Bertz CT molecular complexity index is 876. The first kappa shape index (κ1) is 17.0. The maximum absolute atomic E-state index is 10.9. The predicted molar refractivity (Wildman–Crippen MR) is 105 cm³/mol. The molecule has 0 spiro atoms. The van der Waals surface area contributed by atoms with E-state index in [1.165, 1.54) is 0 Å². The summed E-state index contributed by atoms with van der Waals surface area (Å²) >= 11 is 3.49. The lowest BCUT2D eigenvalue weighted by Gasteiger charge is -2.36. The fraction of sp³-hybridized carbons (Fsp3) is 0.476. The number of benzene rings is 2. The van der Waals surface area contributed by atoms with Crippen LogP contribution in [0.25, 0.3) is 10.8 Å². The smallest absolute Gasteiger partial charge is 0.124 e. The second-order valence-corrected chi connectivity index (χ2v) is 9.28. The Kier molecular flexibility index (Phi) is 3.79. The lowest BCUT2D eigenvalue weighted by molar-refractivity contribution is 0.00624. The lowest BCUT2D eigenvalue weighted by Crippen LogP contribution is -2.39. The highest BCUT2D eigenvalue weighted by molar-refractivity contribution is 9.10. The zero-order valence-electron chi connectivity index (χ0n) is 14.8. The van der Waals surface area contributed by atoms with Crippen LogP contribution in [0.2, 0.25) is 0 Å². The molecule has 0 aliphatic heterocycles. The summed E-state index contributed by atoms with van der Waals surface area (Å²) in [6, 6.07) is 9.50. The van der Waals surface area contributed by atoms with Gasteiger partial charge in [0, 0.05) is 21.7 Å². The van der Waals surface area contributed by atoms with E-state index < -0.39 is 6.10 Å². The van der Waals surface area contributed by atoms with Crippen molar-refractivity contribution in [2.45, 2.75) is 45.8 Å². The normalized spacial score (nSPS) is 33.6. The molecule has 0 radical (unpaired) electrons. The van der Waals surface area contributed by atoms with E-state index in [-0.39, 0.29) is 22.6 Å². The summed E-state index contributed by atoms with van der Waals surface area (Å²) in [5.74, 6) is 0.608. The van der Waals surface area contributed by atoms with Gasteiger partial charge in [-0.1, -0.05) is 48.8 Å². The molecule has 0 heterocycles. The van der Waals surface area contributed by atoms with Crippen LogP contribution in [0.3, 0.4) is 0 Å². The SMILES string of the molecule is CC1(C)C2CC[C@@]1(C)[C@@H](O)[C@H]2N=Cc1c(O)ccc2cc(Br)ccc12. The zero-order chi connectivity index (χ0) is 18.0. The third-order valence-electron chi connectivity index (χ3n) is 7.14. The third kappa shape index (κ3) is 2.30. The second kappa shape index (κ2) is 5.55. The van der Waals surface area contributed by atoms with E-state index in [0.29, 0.717) is 5.92 Å². The Morgan fingerprint density at radius 1 is 1.20 bits per heavy atom. The number of fused-ring (bicyclic) bond motifs is 3. The summed E-state index contributed by atoms with van der Waals surface area (Å²) in [7, 11) is 0. The van der Waals surface area contributed by atoms with Crippen molar-refractivity contribution in [1.29, 1.82) is 0 Å². The molecule has 132 valence electrons. The molecule has 2 saturated carbocycles. The number of hydrogen-bond acceptors (Lipinski definition) is 3. The Morgan fingerprint density at radius 3 is 2.64 bits per heavy atom. The fourth-order valence-corrected chi connectivity index (χ4v) is 5.46. The molecule has 0 saturated heterocycles. The van der Waals surface area contributed by atoms with Gasteiger partial charge in [-0.05, 0) is 53.1 Å². The van der Waals surface area contributed by atoms with Crippen molar-refractivity contribution in [3.63, 3.8) is 0 Å². The quantitative estimate of drug-likeness (QED) is 0.702. The highest BCUT2D eigenvalue weighted by Crippen LogP contribution is 2.66. The van der Waals surface area contributed by atoms with E-state index in [1.807, 2.05) is 24.3 Å². The first-order valence-electron chi connectivity index (χ1n) is 8.88. The van der Waals surface area contributed by atoms with Crippen molar-refractivity contribution in [1.82, 2.24) is 0 Å². The molecule has 25 heavy (non-hydrogen) atoms. The Balaban J connectivity index is 1.74. The Morgan fingerprint density at radius 2 is 1.96 bits per heavy atom. The maximum Gasteiger partial charge on any atom is 0.124 e. The molecule has 3 nitrogen and oxygen atoms in total. The van der Waals surface area contributed by atoms with Crippen LogP contribution >= 0.6 is 15.9 Å². The zero-order valence-corrected chi connectivity index (χ0v) is 16.4. The molecule has 0 amide bonds. The van der Waals surface area contributed by atoms with Gasteiger partial charge in [-0.3, -0.25) is 4.99 Å². The second-order valence-electron chi connectivity index (χ2n) is 8.36. The molecular weight excluding hydrogens is 378 g/mol. The number of nitrogens with zero attached hydrogens (tertiary/aromatic N) is 1. The van der Waals surface area contributed by atoms with E-state index >= 15 is 0 Å². The average molecular weight is 402 g/mol. The molecule has 2 aromatic rings. The molecule has 2 aliphatic carbocycles. The molecule has 4 rings (SSSR count). The molecule has 2 N–H and O–H groups in total. The number of halogens is 1. The summed E-state index contributed by atoms with van der Waals surface area (Å²) in [6.07, 6.45) is 3.51. The standard InChI is InChI=1S/C21H24BrNO2/c1-20(2)16-8-9-21(20,3)19(25)18(16)23-11-15-14-6-5-13(22)10-12(14)4-7-17(15)24/h4-7,10-11,16,18-19,24-25H,8-9H2,1-3H3/t16?,18-,19-,21-/m0/s1. The Hall–Kier alpha value is -1.39. The minimum atomic E-state index is -0.427. The first-order valence-corrected chi connectivity index (χ1v) is 9.67. The molecule has 2 aromatic carbocycles. The number of hydrogen-bond donors (Lipinski definition) is 2. The van der Waals surface area contributed by atoms with Gasteiger partial charge in [-0.25, -0.2) is 0 Å². The van der Waals surface area contributed by atoms with Crippen LogP contribution in [0.15, 0.2) is 39.8 Å². The molecule has 4 atom stereocenters. The van der Waals surface area contributed by atoms with Crippen molar-refractivity contribution in [3.05, 3.63) is 40.4 Å². The summed E-state index contributed by atoms with van der Waals surface area (Å²) < 4.78 is 1.01. The van der Waals surface area contributed by atoms with Crippen LogP contribution in [0.1, 0.15) is 39.2 Å². The molecule has 0 aromatic heterocycles. The van der Waals surface area contributed by atoms with Gasteiger partial charge < -0.3 is 10.2 Å². The molecule has 4 heteroatoms. The number of aromatic hydroxyl groups is 1. The van der Waals surface area contributed by atoms with Crippen molar-refractivity contribution < 1.29 is 10.2 Å². The van der Waals surface area contributed by atoms with Gasteiger partial charge in [0.05, 0.1) is 12.1 Å². The maximum atomic E-state index is 10.9. The molecule has 1 unspecified atom stereocenters. The number of rotatable bonds is 2. The molecular formula is C21H24BrNO2. The van der Waals surface area contributed by atoms with Crippen molar-refractivity contribution in [2.24, 2.45) is 21.7 Å². The number of aliphatic hydroxyl groups excluding tert-OH is 1. The fourth-order valence-electron chi connectivity index (χ4n) is 5.08. The van der Waals surface area contributed by atoms with E-state index in [9.17, 15) is 10.2 Å². The van der Waals surface area contributed by atoms with E-state index in [0.717, 1.165) is 33.7 Å². The minimum absolute atomic E-state index is 0.0780. The number of phenolic OH excluding ortho intramolecular Hbond substituents is 1. The number of aliphatic imine (C=N–C) groups is 1. The van der Waals surface area contributed by atoms with Crippen molar-refractivity contribution in [2.75, 3.05) is 0 Å². The monoisotopic (exact) mass is 401 g/mol. The van der Waals surface area contributed by atoms with E-state index in [4.69, 9.17) is 4.99 Å². The van der Waals surface area contributed by atoms with Crippen LogP contribution < -0.4 is 0 Å². The van der Waals surface area contributed by atoms with Crippen LogP contribution in [-0.2, 0) is 0 Å². The third-order valence-corrected chi connectivity index (χ3v) is 7.63. The van der Waals surface area contributed by atoms with E-state index in [1.54, 1.807) is 12.3 Å². The van der Waals surface area contributed by atoms with Gasteiger partial charge in [-0.15, -0.1) is 0 Å². The Labute approximate surface area is 156 Å². The summed E-state index contributed by atoms with van der Waals surface area (Å²) in [6.45, 7) is 6.72. The first-order chi connectivity index (χ1) is 11.8. The van der Waals surface area contributed by atoms with Gasteiger partial charge in [0.1, 0.15) is 5.75 Å². The van der Waals surface area contributed by atoms with Gasteiger partial charge in [0.15, 0.2) is 0 Å². The molecule has 2 bridgehead atoms. The number of phenols is 1. The van der Waals surface area contributed by atoms with Crippen LogP contribution in [0, 0.1) is 16.7 Å². The van der Waals surface area contributed by atoms with Gasteiger partial charge in [0.25, 0.3) is 0 Å². The lowest BCUT2D eigenvalue weighted by atomic mass is 9.70. The summed E-state index contributed by atoms with van der Waals surface area (Å²) in [5, 5.41) is 23.2. The average Bonchev–Trinajstić information content (AvgIpc) is 2.87. The largest absolute Gasteiger partial charge is 0.507 e. The van der Waals surface area contributed by atoms with Crippen LogP contribution in [0.4, 0.5) is 0 Å². The van der Waals surface area contributed by atoms with Crippen molar-refractivity contribution in [3.8, 4) is 5.75 Å². The van der Waals surface area contributed by atoms with Crippen molar-refractivity contribution >= 4 is 32.9 Å². The number of aliphatic hydroxyl groups is 1. The topological polar surface area (TPSA) is 52.8 Å². The highest BCUT2D eigenvalue weighted by Gasteiger charge is 2.65. The van der Waals surface area contributed by atoms with Crippen LogP contribution in [-0.4, -0.2) is 28.6 Å². The molecule has 2 fully saturated rings. The highest BCUT2D eigenvalue weighted by atomic mass is 79.9. The van der Waals surface area contributed by atoms with Gasteiger partial charge in [0.2, 0.25) is 0 Å². The summed E-state index contributed by atoms with van der Waals surface area (Å²) in [4.78, 5) is 4.78. The molecule has 2 aliphatic rings. The van der Waals surface area contributed by atoms with Crippen LogP contribution in [0.5, 0.6) is 5.75 Å². The predicted octanol–water partition coefficient (Wildman–Crippen LogP) is 4.91. The van der Waals surface area contributed by atoms with Gasteiger partial charge >= 0.3 is 0 Å². The van der Waals surface area contributed by atoms with E-state index in [2.05, 4.69) is 36.7 Å². The van der Waals surface area contributed by atoms with Gasteiger partial charge in [-0.2, -0.15) is 0 Å². The summed E-state index contributed by atoms with van der Waals surface area (Å²) in [5.41, 5.74) is 0.730. The minimum Gasteiger partial charge on any atom is -0.507 e.